The van der Waals surface area contributed by atoms with Crippen LogP contribution < -0.4 is 5.32 Å². The average molecular weight is 351 g/mol. The number of anilines is 1. The van der Waals surface area contributed by atoms with Gasteiger partial charge >= 0.3 is 0 Å². The molecule has 0 spiro atoms. The van der Waals surface area contributed by atoms with Crippen LogP contribution in [0.15, 0.2) is 42.5 Å². The lowest BCUT2D eigenvalue weighted by Gasteiger charge is -2.18. The van der Waals surface area contributed by atoms with E-state index >= 15 is 0 Å². The van der Waals surface area contributed by atoms with Gasteiger partial charge in [0.15, 0.2) is 0 Å². The van der Waals surface area contributed by atoms with E-state index in [1.54, 1.807) is 0 Å². The van der Waals surface area contributed by atoms with Gasteiger partial charge in [0.1, 0.15) is 5.01 Å². The van der Waals surface area contributed by atoms with Gasteiger partial charge < -0.3 is 5.32 Å². The quantitative estimate of drug-likeness (QED) is 0.726. The summed E-state index contributed by atoms with van der Waals surface area (Å²) in [5.41, 5.74) is 1.03. The number of aromatic nitrogens is 2. The van der Waals surface area contributed by atoms with E-state index in [2.05, 4.69) is 33.7 Å². The number of rotatable bonds is 4. The molecule has 25 heavy (non-hydrogen) atoms. The first-order valence-corrected chi connectivity index (χ1v) is 9.71. The molecule has 1 aliphatic carbocycles. The molecule has 128 valence electrons. The molecule has 0 saturated heterocycles. The monoisotopic (exact) mass is 351 g/mol. The standard InChI is InChI=1S/C20H21N3OS/c24-18(13-16-11-6-10-14-7-4-5-12-17(14)16)21-20-23-22-19(25-20)15-8-2-1-3-9-15/h4-7,10-12,15H,1-3,8-9,13H2,(H,21,23,24). The molecule has 0 atom stereocenters. The number of nitrogens with one attached hydrogen (secondary N) is 1. The van der Waals surface area contributed by atoms with E-state index in [1.807, 2.05) is 24.3 Å². The van der Waals surface area contributed by atoms with E-state index in [0.29, 0.717) is 17.5 Å². The third-order valence-electron chi connectivity index (χ3n) is 4.87. The number of fused-ring (bicyclic) bond motifs is 1. The fourth-order valence-electron chi connectivity index (χ4n) is 3.58. The van der Waals surface area contributed by atoms with Crippen LogP contribution in [-0.2, 0) is 11.2 Å². The Kier molecular flexibility index (Phi) is 4.74. The minimum absolute atomic E-state index is 0.0392. The lowest BCUT2D eigenvalue weighted by molar-refractivity contribution is -0.115. The van der Waals surface area contributed by atoms with Crippen molar-refractivity contribution in [2.45, 2.75) is 44.4 Å². The third kappa shape index (κ3) is 3.71. The molecule has 0 aliphatic heterocycles. The highest BCUT2D eigenvalue weighted by atomic mass is 32.1. The number of carbonyl (C=O) groups is 1. The van der Waals surface area contributed by atoms with Crippen molar-refractivity contribution >= 4 is 33.1 Å². The Balaban J connectivity index is 1.44. The minimum Gasteiger partial charge on any atom is -0.300 e. The Morgan fingerprint density at radius 1 is 1.04 bits per heavy atom. The molecule has 1 fully saturated rings. The summed E-state index contributed by atoms with van der Waals surface area (Å²) in [4.78, 5) is 12.4. The average Bonchev–Trinajstić information content (AvgIpc) is 3.11. The number of benzene rings is 2. The van der Waals surface area contributed by atoms with Crippen molar-refractivity contribution in [3.8, 4) is 0 Å². The summed E-state index contributed by atoms with van der Waals surface area (Å²) < 4.78 is 0. The maximum absolute atomic E-state index is 12.4. The van der Waals surface area contributed by atoms with Crippen LogP contribution in [0.3, 0.4) is 0 Å². The summed E-state index contributed by atoms with van der Waals surface area (Å²) in [5.74, 6) is 0.484. The predicted molar refractivity (Wildman–Crippen MR) is 102 cm³/mol. The molecule has 1 N–H and O–H groups in total. The fourth-order valence-corrected chi connectivity index (χ4v) is 4.51. The Labute approximate surface area is 151 Å². The van der Waals surface area contributed by atoms with Gasteiger partial charge in [-0.1, -0.05) is 73.1 Å². The Hall–Kier alpha value is -2.27. The highest BCUT2D eigenvalue weighted by molar-refractivity contribution is 7.15. The molecule has 5 heteroatoms. The van der Waals surface area contributed by atoms with Gasteiger partial charge in [0, 0.05) is 5.92 Å². The second-order valence-corrected chi connectivity index (χ2v) is 7.65. The zero-order valence-corrected chi connectivity index (χ0v) is 14.9. The summed E-state index contributed by atoms with van der Waals surface area (Å²) in [7, 11) is 0. The summed E-state index contributed by atoms with van der Waals surface area (Å²) in [6, 6.07) is 14.2. The van der Waals surface area contributed by atoms with Crippen LogP contribution >= 0.6 is 11.3 Å². The minimum atomic E-state index is -0.0392. The van der Waals surface area contributed by atoms with Gasteiger partial charge in [0.05, 0.1) is 6.42 Å². The number of carbonyl (C=O) groups excluding carboxylic acids is 1. The number of amides is 1. The number of hydrogen-bond acceptors (Lipinski definition) is 4. The van der Waals surface area contributed by atoms with Gasteiger partial charge in [-0.15, -0.1) is 10.2 Å². The Morgan fingerprint density at radius 2 is 1.84 bits per heavy atom. The van der Waals surface area contributed by atoms with Crippen molar-refractivity contribution in [1.82, 2.24) is 10.2 Å². The molecular weight excluding hydrogens is 330 g/mol. The largest absolute Gasteiger partial charge is 0.300 e. The summed E-state index contributed by atoms with van der Waals surface area (Å²) >= 11 is 1.53. The van der Waals surface area contributed by atoms with Gasteiger partial charge in [-0.2, -0.15) is 0 Å². The van der Waals surface area contributed by atoms with Crippen molar-refractivity contribution in [3.05, 3.63) is 53.0 Å². The second kappa shape index (κ2) is 7.31. The molecule has 1 aromatic heterocycles. The van der Waals surface area contributed by atoms with Gasteiger partial charge in [-0.3, -0.25) is 4.79 Å². The van der Waals surface area contributed by atoms with Gasteiger partial charge in [0.2, 0.25) is 11.0 Å². The van der Waals surface area contributed by atoms with Crippen molar-refractivity contribution in [1.29, 1.82) is 0 Å². The smallest absolute Gasteiger partial charge is 0.230 e. The van der Waals surface area contributed by atoms with E-state index < -0.39 is 0 Å². The molecule has 0 bridgehead atoms. The van der Waals surface area contributed by atoms with E-state index in [9.17, 15) is 4.79 Å². The molecule has 0 radical (unpaired) electrons. The lowest BCUT2D eigenvalue weighted by Crippen LogP contribution is -2.14. The molecule has 3 aromatic rings. The van der Waals surface area contributed by atoms with E-state index in [1.165, 1.54) is 43.4 Å². The van der Waals surface area contributed by atoms with Crippen LogP contribution in [0.5, 0.6) is 0 Å². The Bertz CT molecular complexity index is 878. The van der Waals surface area contributed by atoms with Crippen molar-refractivity contribution < 1.29 is 4.79 Å². The van der Waals surface area contributed by atoms with Crippen LogP contribution in [0.1, 0.15) is 48.6 Å². The Morgan fingerprint density at radius 3 is 2.72 bits per heavy atom. The normalized spacial score (nSPS) is 15.4. The van der Waals surface area contributed by atoms with Crippen LogP contribution in [0.2, 0.25) is 0 Å². The van der Waals surface area contributed by atoms with Crippen molar-refractivity contribution in [2.24, 2.45) is 0 Å². The molecule has 0 unspecified atom stereocenters. The molecule has 1 heterocycles. The highest BCUT2D eigenvalue weighted by Crippen LogP contribution is 2.35. The zero-order valence-electron chi connectivity index (χ0n) is 14.1. The van der Waals surface area contributed by atoms with E-state index in [-0.39, 0.29) is 5.91 Å². The molecule has 4 rings (SSSR count). The lowest BCUT2D eigenvalue weighted by atomic mass is 9.90. The predicted octanol–water partition coefficient (Wildman–Crippen LogP) is 4.92. The number of nitrogens with zero attached hydrogens (tertiary/aromatic N) is 2. The topological polar surface area (TPSA) is 54.9 Å². The first-order chi connectivity index (χ1) is 12.3. The summed E-state index contributed by atoms with van der Waals surface area (Å²) in [6.45, 7) is 0. The fraction of sp³-hybridized carbons (Fsp3) is 0.350. The molecule has 1 saturated carbocycles. The van der Waals surface area contributed by atoms with Gasteiger partial charge in [0.25, 0.3) is 0 Å². The first-order valence-electron chi connectivity index (χ1n) is 8.89. The van der Waals surface area contributed by atoms with Gasteiger partial charge in [-0.25, -0.2) is 0 Å². The SMILES string of the molecule is O=C(Cc1cccc2ccccc12)Nc1nnc(C2CCCCC2)s1. The molecular formula is C20H21N3OS. The van der Waals surface area contributed by atoms with Crippen molar-refractivity contribution in [3.63, 3.8) is 0 Å². The molecule has 2 aromatic carbocycles. The van der Waals surface area contributed by atoms with Crippen LogP contribution in [0.25, 0.3) is 10.8 Å². The van der Waals surface area contributed by atoms with Crippen molar-refractivity contribution in [2.75, 3.05) is 5.32 Å². The summed E-state index contributed by atoms with van der Waals surface area (Å²) in [6.07, 6.45) is 6.60. The molecule has 1 aliphatic rings. The first kappa shape index (κ1) is 16.2. The van der Waals surface area contributed by atoms with Crippen LogP contribution in [0, 0.1) is 0 Å². The van der Waals surface area contributed by atoms with Crippen LogP contribution in [0.4, 0.5) is 5.13 Å². The zero-order chi connectivity index (χ0) is 17.1. The highest BCUT2D eigenvalue weighted by Gasteiger charge is 2.20. The van der Waals surface area contributed by atoms with Gasteiger partial charge in [-0.05, 0) is 29.2 Å². The van der Waals surface area contributed by atoms with Crippen LogP contribution in [-0.4, -0.2) is 16.1 Å². The second-order valence-electron chi connectivity index (χ2n) is 6.64. The summed E-state index contributed by atoms with van der Waals surface area (Å²) in [5, 5.41) is 15.4. The maximum atomic E-state index is 12.4. The third-order valence-corrected chi connectivity index (χ3v) is 5.87. The number of hydrogen-bond donors (Lipinski definition) is 1. The molecule has 4 nitrogen and oxygen atoms in total. The van der Waals surface area contributed by atoms with E-state index in [4.69, 9.17) is 0 Å². The maximum Gasteiger partial charge on any atom is 0.230 e. The molecule has 1 amide bonds. The van der Waals surface area contributed by atoms with E-state index in [0.717, 1.165) is 21.3 Å².